The van der Waals surface area contributed by atoms with Crippen molar-refractivity contribution in [2.75, 3.05) is 6.61 Å². The Labute approximate surface area is 133 Å². The van der Waals surface area contributed by atoms with Crippen LogP contribution >= 0.6 is 0 Å². The number of hydrogen-bond donors (Lipinski definition) is 1. The molecule has 3 aliphatic carbocycles. The van der Waals surface area contributed by atoms with Gasteiger partial charge in [0, 0.05) is 11.8 Å². The highest BCUT2D eigenvalue weighted by Gasteiger charge is 2.63. The van der Waals surface area contributed by atoms with Crippen molar-refractivity contribution in [3.63, 3.8) is 0 Å². The van der Waals surface area contributed by atoms with E-state index in [1.54, 1.807) is 0 Å². The van der Waals surface area contributed by atoms with Gasteiger partial charge in [-0.05, 0) is 74.5 Å². The fourth-order valence-corrected chi connectivity index (χ4v) is 6.83. The minimum Gasteiger partial charge on any atom is -0.465 e. The molecule has 22 heavy (non-hydrogen) atoms. The predicted molar refractivity (Wildman–Crippen MR) is 84.1 cm³/mol. The van der Waals surface area contributed by atoms with Gasteiger partial charge in [0.1, 0.15) is 0 Å². The van der Waals surface area contributed by atoms with E-state index in [1.165, 1.54) is 25.7 Å². The Balaban J connectivity index is 1.65. The molecule has 3 saturated carbocycles. The van der Waals surface area contributed by atoms with E-state index in [2.05, 4.69) is 20.8 Å². The zero-order chi connectivity index (χ0) is 15.8. The molecule has 7 atom stereocenters. The minimum atomic E-state index is -0.501. The lowest BCUT2D eigenvalue weighted by Crippen LogP contribution is -2.57. The number of hydrogen-bond acceptors (Lipinski definition) is 3. The topological polar surface area (TPSA) is 46.5 Å². The molecule has 3 nitrogen and oxygen atoms in total. The van der Waals surface area contributed by atoms with Crippen LogP contribution in [0.5, 0.6) is 0 Å². The van der Waals surface area contributed by atoms with E-state index in [0.717, 1.165) is 12.8 Å². The first-order valence-corrected chi connectivity index (χ1v) is 9.16. The van der Waals surface area contributed by atoms with E-state index in [-0.39, 0.29) is 16.8 Å². The standard InChI is InChI=1S/C19H30O3/c1-17-11-22-16(20)10-12(17)4-5-13-14(17)6-8-18(2)15(13)7-9-19(18,3)21/h12-15,21H,4-11H2,1-3H3/t12-,13?,14-,15-,17-,18-,19-/m0/s1. The Hall–Kier alpha value is -0.570. The molecule has 4 rings (SSSR count). The first kappa shape index (κ1) is 15.0. The molecule has 1 aliphatic heterocycles. The van der Waals surface area contributed by atoms with Crippen LogP contribution < -0.4 is 0 Å². The van der Waals surface area contributed by atoms with Crippen LogP contribution in [0.4, 0.5) is 0 Å². The van der Waals surface area contributed by atoms with Gasteiger partial charge >= 0.3 is 5.97 Å². The normalized spacial score (nSPS) is 57.5. The summed E-state index contributed by atoms with van der Waals surface area (Å²) in [5, 5.41) is 10.9. The Kier molecular flexibility index (Phi) is 3.06. The van der Waals surface area contributed by atoms with Crippen LogP contribution in [0.1, 0.15) is 65.7 Å². The molecule has 0 bridgehead atoms. The Bertz CT molecular complexity index is 499. The molecule has 1 saturated heterocycles. The SMILES string of the molecule is C[C@]12COC(=O)C[C@@H]1CCC1[C@@H]2CC[C@@]2(C)[C@H]1CC[C@]2(C)O. The van der Waals surface area contributed by atoms with Crippen LogP contribution in [0.2, 0.25) is 0 Å². The van der Waals surface area contributed by atoms with E-state index in [4.69, 9.17) is 4.74 Å². The number of esters is 1. The number of carbonyl (C=O) groups is 1. The molecule has 4 fully saturated rings. The van der Waals surface area contributed by atoms with Crippen molar-refractivity contribution in [1.29, 1.82) is 0 Å². The summed E-state index contributed by atoms with van der Waals surface area (Å²) in [5.74, 6) is 2.56. The number of carbonyl (C=O) groups excluding carboxylic acids is 1. The Morgan fingerprint density at radius 3 is 2.55 bits per heavy atom. The van der Waals surface area contributed by atoms with Gasteiger partial charge in [-0.1, -0.05) is 13.8 Å². The molecule has 0 aromatic rings. The van der Waals surface area contributed by atoms with Gasteiger partial charge in [-0.25, -0.2) is 0 Å². The van der Waals surface area contributed by atoms with Crippen molar-refractivity contribution >= 4 is 5.97 Å². The molecule has 0 radical (unpaired) electrons. The average Bonchev–Trinajstić information content (AvgIpc) is 2.70. The summed E-state index contributed by atoms with van der Waals surface area (Å²) in [6.07, 6.45) is 7.48. The van der Waals surface area contributed by atoms with E-state index >= 15 is 0 Å². The third-order valence-corrected chi connectivity index (χ3v) is 8.58. The predicted octanol–water partition coefficient (Wildman–Crippen LogP) is 3.54. The van der Waals surface area contributed by atoms with E-state index in [1.807, 2.05) is 0 Å². The number of ether oxygens (including phenoxy) is 1. The van der Waals surface area contributed by atoms with Crippen LogP contribution in [0.15, 0.2) is 0 Å². The van der Waals surface area contributed by atoms with E-state index in [9.17, 15) is 9.90 Å². The van der Waals surface area contributed by atoms with Crippen LogP contribution in [0, 0.1) is 34.5 Å². The monoisotopic (exact) mass is 306 g/mol. The van der Waals surface area contributed by atoms with Crippen LogP contribution in [0.3, 0.4) is 0 Å². The maximum absolute atomic E-state index is 11.7. The number of fused-ring (bicyclic) bond motifs is 5. The summed E-state index contributed by atoms with van der Waals surface area (Å²) >= 11 is 0. The highest BCUT2D eigenvalue weighted by atomic mass is 16.5. The van der Waals surface area contributed by atoms with E-state index in [0.29, 0.717) is 36.7 Å². The molecule has 0 spiro atoms. The molecule has 1 N–H and O–H groups in total. The molecule has 1 heterocycles. The Morgan fingerprint density at radius 2 is 1.77 bits per heavy atom. The average molecular weight is 306 g/mol. The van der Waals surface area contributed by atoms with Crippen molar-refractivity contribution in [1.82, 2.24) is 0 Å². The first-order valence-electron chi connectivity index (χ1n) is 9.16. The number of rotatable bonds is 0. The number of cyclic esters (lactones) is 1. The van der Waals surface area contributed by atoms with Gasteiger partial charge in [-0.15, -0.1) is 0 Å². The summed E-state index contributed by atoms with van der Waals surface area (Å²) in [6, 6.07) is 0. The second-order valence-corrected chi connectivity index (χ2v) is 9.29. The van der Waals surface area contributed by atoms with Gasteiger partial charge in [0.15, 0.2) is 0 Å². The zero-order valence-electron chi connectivity index (χ0n) is 14.2. The number of aliphatic hydroxyl groups is 1. The molecule has 0 aromatic carbocycles. The summed E-state index contributed by atoms with van der Waals surface area (Å²) in [6.45, 7) is 7.38. The van der Waals surface area contributed by atoms with Crippen LogP contribution in [-0.2, 0) is 9.53 Å². The van der Waals surface area contributed by atoms with Crippen LogP contribution in [-0.4, -0.2) is 23.3 Å². The highest BCUT2D eigenvalue weighted by Crippen LogP contribution is 2.67. The fraction of sp³-hybridized carbons (Fsp3) is 0.947. The van der Waals surface area contributed by atoms with Gasteiger partial charge in [-0.3, -0.25) is 4.79 Å². The first-order chi connectivity index (χ1) is 10.3. The smallest absolute Gasteiger partial charge is 0.306 e. The lowest BCUT2D eigenvalue weighted by Gasteiger charge is -2.60. The molecule has 0 aromatic heterocycles. The van der Waals surface area contributed by atoms with Gasteiger partial charge in [-0.2, -0.15) is 0 Å². The minimum absolute atomic E-state index is 0.00497. The maximum Gasteiger partial charge on any atom is 0.306 e. The summed E-state index contributed by atoms with van der Waals surface area (Å²) in [4.78, 5) is 11.7. The maximum atomic E-state index is 11.7. The molecule has 124 valence electrons. The highest BCUT2D eigenvalue weighted by molar-refractivity contribution is 5.70. The van der Waals surface area contributed by atoms with Crippen molar-refractivity contribution in [2.24, 2.45) is 34.5 Å². The molecule has 1 unspecified atom stereocenters. The molecular weight excluding hydrogens is 276 g/mol. The van der Waals surface area contributed by atoms with Crippen molar-refractivity contribution < 1.29 is 14.6 Å². The summed E-state index contributed by atoms with van der Waals surface area (Å²) in [7, 11) is 0. The lowest BCUT2D eigenvalue weighted by atomic mass is 9.46. The lowest BCUT2D eigenvalue weighted by molar-refractivity contribution is -0.186. The van der Waals surface area contributed by atoms with Gasteiger partial charge in [0.05, 0.1) is 12.2 Å². The molecular formula is C19H30O3. The second kappa shape index (κ2) is 4.49. The molecule has 4 aliphatic rings. The van der Waals surface area contributed by atoms with Gasteiger partial charge in [0.2, 0.25) is 0 Å². The largest absolute Gasteiger partial charge is 0.465 e. The van der Waals surface area contributed by atoms with Crippen molar-refractivity contribution in [3.8, 4) is 0 Å². The van der Waals surface area contributed by atoms with Crippen molar-refractivity contribution in [3.05, 3.63) is 0 Å². The van der Waals surface area contributed by atoms with Crippen LogP contribution in [0.25, 0.3) is 0 Å². The zero-order valence-corrected chi connectivity index (χ0v) is 14.2. The summed E-state index contributed by atoms with van der Waals surface area (Å²) < 4.78 is 5.49. The van der Waals surface area contributed by atoms with Gasteiger partial charge < -0.3 is 9.84 Å². The van der Waals surface area contributed by atoms with Crippen molar-refractivity contribution in [2.45, 2.75) is 71.3 Å². The fourth-order valence-electron chi connectivity index (χ4n) is 6.83. The molecule has 0 amide bonds. The second-order valence-electron chi connectivity index (χ2n) is 9.29. The molecule has 3 heteroatoms. The Morgan fingerprint density at radius 1 is 1.05 bits per heavy atom. The third-order valence-electron chi connectivity index (χ3n) is 8.58. The van der Waals surface area contributed by atoms with Gasteiger partial charge in [0.25, 0.3) is 0 Å². The third kappa shape index (κ3) is 1.75. The van der Waals surface area contributed by atoms with E-state index < -0.39 is 5.60 Å². The summed E-state index contributed by atoms with van der Waals surface area (Å²) in [5.41, 5.74) is -0.241. The quantitative estimate of drug-likeness (QED) is 0.696.